The molecule has 6 heteroatoms. The molecule has 0 aliphatic heterocycles. The van der Waals surface area contributed by atoms with E-state index in [1.54, 1.807) is 20.4 Å². The van der Waals surface area contributed by atoms with Crippen LogP contribution in [0.25, 0.3) is 0 Å². The van der Waals surface area contributed by atoms with E-state index in [1.165, 1.54) is 19.3 Å². The summed E-state index contributed by atoms with van der Waals surface area (Å²) in [5.74, 6) is 1.93. The largest absolute Gasteiger partial charge is 0.497 e. The Labute approximate surface area is 172 Å². The number of carbonyl (C=O) groups excluding carboxylic acids is 1. The van der Waals surface area contributed by atoms with Crippen LogP contribution in [0, 0.1) is 0 Å². The van der Waals surface area contributed by atoms with Gasteiger partial charge in [-0.25, -0.2) is 5.43 Å². The Morgan fingerprint density at radius 2 is 1.79 bits per heavy atom. The smallest absolute Gasteiger partial charge is 0.244 e. The Kier molecular flexibility index (Phi) is 9.55. The fraction of sp³-hybridized carbons (Fsp3) is 0.391. The van der Waals surface area contributed by atoms with Gasteiger partial charge in [0.25, 0.3) is 0 Å². The van der Waals surface area contributed by atoms with Crippen LogP contribution >= 0.6 is 0 Å². The molecule has 2 aromatic rings. The Balaban J connectivity index is 1.84. The highest BCUT2D eigenvalue weighted by atomic mass is 16.5. The Bertz CT molecular complexity index is 788. The van der Waals surface area contributed by atoms with Gasteiger partial charge in [-0.1, -0.05) is 38.3 Å². The van der Waals surface area contributed by atoms with E-state index in [2.05, 4.69) is 17.5 Å². The molecule has 156 valence electrons. The van der Waals surface area contributed by atoms with Crippen molar-refractivity contribution in [3.8, 4) is 17.2 Å². The van der Waals surface area contributed by atoms with Crippen molar-refractivity contribution in [3.05, 3.63) is 53.6 Å². The van der Waals surface area contributed by atoms with Gasteiger partial charge in [-0.15, -0.1) is 0 Å². The van der Waals surface area contributed by atoms with Crippen molar-refractivity contribution < 1.29 is 19.0 Å². The van der Waals surface area contributed by atoms with E-state index in [0.717, 1.165) is 23.3 Å². The molecule has 0 saturated heterocycles. The molecule has 2 aromatic carbocycles. The number of methoxy groups -OCH3 is 2. The highest BCUT2D eigenvalue weighted by Crippen LogP contribution is 2.27. The van der Waals surface area contributed by atoms with Crippen molar-refractivity contribution in [3.63, 3.8) is 0 Å². The van der Waals surface area contributed by atoms with Crippen LogP contribution in [0.1, 0.15) is 43.7 Å². The van der Waals surface area contributed by atoms with Gasteiger partial charge in [0.2, 0.25) is 5.91 Å². The van der Waals surface area contributed by atoms with Gasteiger partial charge in [0.15, 0.2) is 11.5 Å². The van der Waals surface area contributed by atoms with Crippen molar-refractivity contribution in [2.75, 3.05) is 20.8 Å². The van der Waals surface area contributed by atoms with Crippen LogP contribution in [0.3, 0.4) is 0 Å². The summed E-state index contributed by atoms with van der Waals surface area (Å²) in [4.78, 5) is 12.0. The molecule has 1 amide bonds. The third-order valence-corrected chi connectivity index (χ3v) is 4.37. The van der Waals surface area contributed by atoms with Crippen molar-refractivity contribution >= 4 is 12.1 Å². The van der Waals surface area contributed by atoms with Gasteiger partial charge in [-0.2, -0.15) is 5.10 Å². The minimum Gasteiger partial charge on any atom is -0.497 e. The van der Waals surface area contributed by atoms with Gasteiger partial charge in [0.1, 0.15) is 5.75 Å². The Morgan fingerprint density at radius 1 is 1.00 bits per heavy atom. The monoisotopic (exact) mass is 398 g/mol. The third kappa shape index (κ3) is 7.86. The highest BCUT2D eigenvalue weighted by Gasteiger charge is 2.06. The maximum atomic E-state index is 12.0. The van der Waals surface area contributed by atoms with E-state index < -0.39 is 0 Å². The number of carbonyl (C=O) groups is 1. The van der Waals surface area contributed by atoms with E-state index in [1.807, 2.05) is 42.5 Å². The van der Waals surface area contributed by atoms with Gasteiger partial charge >= 0.3 is 0 Å². The normalized spacial score (nSPS) is 10.7. The van der Waals surface area contributed by atoms with Gasteiger partial charge in [0.05, 0.1) is 33.5 Å². The molecule has 0 spiro atoms. The average Bonchev–Trinajstić information content (AvgIpc) is 2.74. The summed E-state index contributed by atoms with van der Waals surface area (Å²) in [6.07, 6.45) is 6.45. The molecule has 0 atom stereocenters. The molecule has 0 heterocycles. The van der Waals surface area contributed by atoms with Crippen LogP contribution in [-0.4, -0.2) is 32.9 Å². The second-order valence-electron chi connectivity index (χ2n) is 6.64. The first-order chi connectivity index (χ1) is 14.2. The number of benzene rings is 2. The van der Waals surface area contributed by atoms with Gasteiger partial charge in [-0.05, 0) is 47.9 Å². The molecule has 6 nitrogen and oxygen atoms in total. The van der Waals surface area contributed by atoms with E-state index in [9.17, 15) is 4.79 Å². The van der Waals surface area contributed by atoms with E-state index in [0.29, 0.717) is 18.1 Å². The fourth-order valence-corrected chi connectivity index (χ4v) is 2.74. The first-order valence-electron chi connectivity index (χ1n) is 9.92. The molecule has 2 rings (SSSR count). The molecule has 0 unspecified atom stereocenters. The van der Waals surface area contributed by atoms with Crippen molar-refractivity contribution in [2.24, 2.45) is 5.10 Å². The zero-order valence-electron chi connectivity index (χ0n) is 17.4. The minimum absolute atomic E-state index is 0.189. The van der Waals surface area contributed by atoms with Crippen molar-refractivity contribution in [2.45, 2.75) is 39.0 Å². The van der Waals surface area contributed by atoms with E-state index >= 15 is 0 Å². The molecule has 0 fully saturated rings. The highest BCUT2D eigenvalue weighted by molar-refractivity contribution is 5.84. The summed E-state index contributed by atoms with van der Waals surface area (Å²) in [5, 5.41) is 4.03. The molecule has 0 radical (unpaired) electrons. The van der Waals surface area contributed by atoms with E-state index in [4.69, 9.17) is 14.2 Å². The molecule has 0 aromatic heterocycles. The number of amides is 1. The maximum absolute atomic E-state index is 12.0. The summed E-state index contributed by atoms with van der Waals surface area (Å²) in [6.45, 7) is 2.86. The standard InChI is InChI=1S/C23H30N2O4/c1-4-5-6-7-14-29-21-13-10-19(15-22(21)28-3)17-24-25-23(26)16-18-8-11-20(27-2)12-9-18/h8-13,15,17H,4-7,14,16H2,1-3H3,(H,25,26)/b24-17-. The lowest BCUT2D eigenvalue weighted by Crippen LogP contribution is -2.19. The summed E-state index contributed by atoms with van der Waals surface area (Å²) < 4.78 is 16.3. The van der Waals surface area contributed by atoms with Crippen LogP contribution in [0.2, 0.25) is 0 Å². The van der Waals surface area contributed by atoms with Crippen LogP contribution in [0.4, 0.5) is 0 Å². The van der Waals surface area contributed by atoms with Crippen LogP contribution < -0.4 is 19.6 Å². The zero-order valence-corrected chi connectivity index (χ0v) is 17.4. The number of rotatable bonds is 12. The number of hydrogen-bond acceptors (Lipinski definition) is 5. The predicted molar refractivity (Wildman–Crippen MR) is 115 cm³/mol. The molecular weight excluding hydrogens is 368 g/mol. The fourth-order valence-electron chi connectivity index (χ4n) is 2.74. The Hall–Kier alpha value is -3.02. The summed E-state index contributed by atoms with van der Waals surface area (Å²) >= 11 is 0. The van der Waals surface area contributed by atoms with Gasteiger partial charge in [-0.3, -0.25) is 4.79 Å². The molecule has 0 saturated carbocycles. The average molecular weight is 399 g/mol. The van der Waals surface area contributed by atoms with Crippen molar-refractivity contribution in [1.29, 1.82) is 0 Å². The maximum Gasteiger partial charge on any atom is 0.244 e. The first kappa shape index (κ1) is 22.3. The predicted octanol–water partition coefficient (Wildman–Crippen LogP) is 4.36. The molecule has 0 aliphatic carbocycles. The second-order valence-corrected chi connectivity index (χ2v) is 6.64. The molecular formula is C23H30N2O4. The van der Waals surface area contributed by atoms with Crippen molar-refractivity contribution in [1.82, 2.24) is 5.43 Å². The number of hydrazone groups is 1. The lowest BCUT2D eigenvalue weighted by atomic mass is 10.1. The first-order valence-corrected chi connectivity index (χ1v) is 9.92. The summed E-state index contributed by atoms with van der Waals surface area (Å²) in [7, 11) is 3.22. The zero-order chi connectivity index (χ0) is 20.9. The second kappa shape index (κ2) is 12.4. The molecule has 0 bridgehead atoms. The number of nitrogens with zero attached hydrogens (tertiary/aromatic N) is 1. The Morgan fingerprint density at radius 3 is 2.48 bits per heavy atom. The summed E-state index contributed by atoms with van der Waals surface area (Å²) in [6, 6.07) is 12.9. The lowest BCUT2D eigenvalue weighted by molar-refractivity contribution is -0.120. The van der Waals surface area contributed by atoms with Gasteiger partial charge < -0.3 is 14.2 Å². The number of nitrogens with one attached hydrogen (secondary N) is 1. The number of ether oxygens (including phenoxy) is 3. The SMILES string of the molecule is CCCCCCOc1ccc(/C=N\NC(=O)Cc2ccc(OC)cc2)cc1OC. The molecule has 29 heavy (non-hydrogen) atoms. The van der Waals surface area contributed by atoms with E-state index in [-0.39, 0.29) is 12.3 Å². The number of hydrogen-bond donors (Lipinski definition) is 1. The quantitative estimate of drug-likeness (QED) is 0.328. The summed E-state index contributed by atoms with van der Waals surface area (Å²) in [5.41, 5.74) is 4.24. The van der Waals surface area contributed by atoms with Crippen LogP contribution in [0.5, 0.6) is 17.2 Å². The van der Waals surface area contributed by atoms with Gasteiger partial charge in [0, 0.05) is 0 Å². The third-order valence-electron chi connectivity index (χ3n) is 4.37. The topological polar surface area (TPSA) is 69.2 Å². The van der Waals surface area contributed by atoms with Crippen LogP contribution in [0.15, 0.2) is 47.6 Å². The molecule has 1 N–H and O–H groups in total. The number of unbranched alkanes of at least 4 members (excludes halogenated alkanes) is 3. The molecule has 0 aliphatic rings. The minimum atomic E-state index is -0.189. The van der Waals surface area contributed by atoms with Crippen LogP contribution in [-0.2, 0) is 11.2 Å². The lowest BCUT2D eigenvalue weighted by Gasteiger charge is -2.11.